The molecule has 0 amide bonds. The van der Waals surface area contributed by atoms with Crippen LogP contribution in [0.4, 0.5) is 0 Å². The monoisotopic (exact) mass is 596 g/mol. The number of ketones is 1. The Bertz CT molecular complexity index is 1190. The second kappa shape index (κ2) is 18.9. The molecule has 0 fully saturated rings. The van der Waals surface area contributed by atoms with E-state index in [2.05, 4.69) is 13.0 Å². The van der Waals surface area contributed by atoms with Crippen LogP contribution >= 0.6 is 0 Å². The number of hydrogen-bond donors (Lipinski definition) is 0. The Morgan fingerprint density at radius 3 is 2.14 bits per heavy atom. The molecule has 0 radical (unpaired) electrons. The summed E-state index contributed by atoms with van der Waals surface area (Å²) in [4.78, 5) is 35.5. The quantitative estimate of drug-likeness (QED) is 0.119. The average Bonchev–Trinajstić information content (AvgIpc) is 3.02. The number of esters is 2. The summed E-state index contributed by atoms with van der Waals surface area (Å²) in [5.74, 6) is 2.08. The highest BCUT2D eigenvalue weighted by Gasteiger charge is 2.23. The second-order valence-electron chi connectivity index (χ2n) is 10.9. The Hall–Kier alpha value is -3.55. The maximum absolute atomic E-state index is 12.3. The number of unbranched alkanes of at least 4 members (excludes halogenated alkanes) is 5. The molecule has 2 aromatic carbocycles. The molecule has 0 N–H and O–H groups in total. The Labute approximate surface area is 256 Å². The third-order valence-corrected chi connectivity index (χ3v) is 7.74. The number of aryl methyl sites for hydroxylation is 1. The van der Waals surface area contributed by atoms with E-state index in [9.17, 15) is 14.4 Å². The van der Waals surface area contributed by atoms with Gasteiger partial charge in [-0.3, -0.25) is 14.4 Å². The van der Waals surface area contributed by atoms with Gasteiger partial charge in [-0.15, -0.1) is 0 Å². The van der Waals surface area contributed by atoms with E-state index in [4.69, 9.17) is 23.7 Å². The van der Waals surface area contributed by atoms with E-state index in [1.54, 1.807) is 0 Å². The predicted molar refractivity (Wildman–Crippen MR) is 165 cm³/mol. The lowest BCUT2D eigenvalue weighted by molar-refractivity contribution is -0.141. The number of ether oxygens (including phenoxy) is 5. The van der Waals surface area contributed by atoms with Gasteiger partial charge >= 0.3 is 11.9 Å². The normalized spacial score (nSPS) is 12.3. The van der Waals surface area contributed by atoms with E-state index >= 15 is 0 Å². The maximum atomic E-state index is 12.3. The number of Topliss-reactive ketones (excluding diaryl/α,β-unsaturated/α-hetero) is 1. The summed E-state index contributed by atoms with van der Waals surface area (Å²) >= 11 is 0. The number of benzene rings is 2. The van der Waals surface area contributed by atoms with E-state index in [1.165, 1.54) is 19.8 Å². The number of carbonyl (C=O) groups is 3. The first kappa shape index (κ1) is 33.9. The molecule has 2 aromatic rings. The Kier molecular flexibility index (Phi) is 14.9. The van der Waals surface area contributed by atoms with Gasteiger partial charge in [0.25, 0.3) is 0 Å². The topological polar surface area (TPSA) is 97.4 Å². The highest BCUT2D eigenvalue weighted by atomic mass is 16.5. The van der Waals surface area contributed by atoms with Gasteiger partial charge in [0.1, 0.15) is 17.2 Å². The van der Waals surface area contributed by atoms with Gasteiger partial charge in [-0.1, -0.05) is 38.3 Å². The van der Waals surface area contributed by atoms with Crippen molar-refractivity contribution in [3.8, 4) is 17.2 Å². The standard InChI is InChI=1S/C35H48O8/c1-4-13-29-32(20-18-28-30(36)22-25-43-35(28)29)42-23-10-6-5-8-14-26-15-12-16-31(27(26)19-21-34(38)40-3)41-24-11-7-9-17-33(37)39-2/h12,15-16,18,20H,4-11,13-14,17,19,21-25H2,1-3H3. The van der Waals surface area contributed by atoms with Crippen molar-refractivity contribution < 1.29 is 38.1 Å². The van der Waals surface area contributed by atoms with E-state index in [0.717, 1.165) is 86.8 Å². The number of methoxy groups -OCH3 is 2. The first-order chi connectivity index (χ1) is 21.0. The Balaban J connectivity index is 1.47. The lowest BCUT2D eigenvalue weighted by Crippen LogP contribution is -2.17. The lowest BCUT2D eigenvalue weighted by atomic mass is 9.96. The Morgan fingerprint density at radius 2 is 1.42 bits per heavy atom. The minimum atomic E-state index is -0.234. The van der Waals surface area contributed by atoms with E-state index in [0.29, 0.717) is 56.8 Å². The van der Waals surface area contributed by atoms with Crippen LogP contribution in [0.5, 0.6) is 17.2 Å². The summed E-state index contributed by atoms with van der Waals surface area (Å²) in [5.41, 5.74) is 3.97. The lowest BCUT2D eigenvalue weighted by Gasteiger charge is -2.22. The maximum Gasteiger partial charge on any atom is 0.305 e. The molecule has 43 heavy (non-hydrogen) atoms. The van der Waals surface area contributed by atoms with Crippen molar-refractivity contribution in [1.82, 2.24) is 0 Å². The van der Waals surface area contributed by atoms with Crippen molar-refractivity contribution in [1.29, 1.82) is 0 Å². The number of rotatable bonds is 20. The fourth-order valence-electron chi connectivity index (χ4n) is 5.38. The molecule has 1 aliphatic rings. The third kappa shape index (κ3) is 10.9. The van der Waals surface area contributed by atoms with Gasteiger partial charge in [-0.25, -0.2) is 0 Å². The van der Waals surface area contributed by atoms with Gasteiger partial charge < -0.3 is 23.7 Å². The summed E-state index contributed by atoms with van der Waals surface area (Å²) < 4.78 is 27.7. The fourth-order valence-corrected chi connectivity index (χ4v) is 5.38. The van der Waals surface area contributed by atoms with Crippen LogP contribution in [0.2, 0.25) is 0 Å². The summed E-state index contributed by atoms with van der Waals surface area (Å²) in [6.07, 6.45) is 11.0. The second-order valence-corrected chi connectivity index (χ2v) is 10.9. The molecule has 1 heterocycles. The average molecular weight is 597 g/mol. The van der Waals surface area contributed by atoms with Crippen molar-refractivity contribution in [2.75, 3.05) is 34.0 Å². The van der Waals surface area contributed by atoms with Gasteiger partial charge in [0, 0.05) is 24.8 Å². The summed E-state index contributed by atoms with van der Waals surface area (Å²) in [5, 5.41) is 0. The van der Waals surface area contributed by atoms with Gasteiger partial charge in [0.15, 0.2) is 5.78 Å². The van der Waals surface area contributed by atoms with Crippen molar-refractivity contribution in [2.45, 2.75) is 96.8 Å². The number of fused-ring (bicyclic) bond motifs is 1. The molecule has 1 aliphatic heterocycles. The highest BCUT2D eigenvalue weighted by Crippen LogP contribution is 2.36. The zero-order valence-corrected chi connectivity index (χ0v) is 26.2. The van der Waals surface area contributed by atoms with Gasteiger partial charge in [0.05, 0.1) is 39.6 Å². The van der Waals surface area contributed by atoms with Crippen LogP contribution in [-0.4, -0.2) is 51.8 Å². The van der Waals surface area contributed by atoms with E-state index < -0.39 is 0 Å². The van der Waals surface area contributed by atoms with Gasteiger partial charge in [0.2, 0.25) is 0 Å². The summed E-state index contributed by atoms with van der Waals surface area (Å²) in [6.45, 7) is 3.73. The largest absolute Gasteiger partial charge is 0.493 e. The van der Waals surface area contributed by atoms with Crippen LogP contribution in [0.15, 0.2) is 30.3 Å². The number of carbonyl (C=O) groups excluding carboxylic acids is 3. The molecule has 0 atom stereocenters. The smallest absolute Gasteiger partial charge is 0.305 e. The summed E-state index contributed by atoms with van der Waals surface area (Å²) in [7, 11) is 2.82. The van der Waals surface area contributed by atoms with Crippen molar-refractivity contribution in [3.05, 3.63) is 52.6 Å². The van der Waals surface area contributed by atoms with Crippen LogP contribution in [-0.2, 0) is 38.3 Å². The van der Waals surface area contributed by atoms with Crippen molar-refractivity contribution in [3.63, 3.8) is 0 Å². The van der Waals surface area contributed by atoms with Gasteiger partial charge in [-0.05, 0) is 80.7 Å². The Morgan fingerprint density at radius 1 is 0.744 bits per heavy atom. The molecule has 0 aromatic heterocycles. The first-order valence-electron chi connectivity index (χ1n) is 15.8. The molecule has 3 rings (SSSR count). The molecular weight excluding hydrogens is 548 g/mol. The minimum Gasteiger partial charge on any atom is -0.493 e. The zero-order chi connectivity index (χ0) is 30.9. The van der Waals surface area contributed by atoms with Gasteiger partial charge in [-0.2, -0.15) is 0 Å². The molecule has 0 unspecified atom stereocenters. The van der Waals surface area contributed by atoms with E-state index in [1.807, 2.05) is 24.3 Å². The van der Waals surface area contributed by atoms with Crippen LogP contribution in [0.25, 0.3) is 0 Å². The molecule has 236 valence electrons. The molecule has 0 aliphatic carbocycles. The predicted octanol–water partition coefficient (Wildman–Crippen LogP) is 7.00. The SMILES string of the molecule is CCCc1c(OCCCCCCc2cccc(OCCCCCC(=O)OC)c2CCC(=O)OC)ccc2c1OCCC2=O. The molecule has 8 nitrogen and oxygen atoms in total. The summed E-state index contributed by atoms with van der Waals surface area (Å²) in [6, 6.07) is 9.87. The molecule has 0 bridgehead atoms. The first-order valence-corrected chi connectivity index (χ1v) is 15.8. The third-order valence-electron chi connectivity index (χ3n) is 7.74. The molecule has 0 spiro atoms. The van der Waals surface area contributed by atoms with Crippen LogP contribution < -0.4 is 14.2 Å². The van der Waals surface area contributed by atoms with Crippen molar-refractivity contribution >= 4 is 17.7 Å². The molecule has 8 heteroatoms. The number of hydrogen-bond acceptors (Lipinski definition) is 8. The van der Waals surface area contributed by atoms with Crippen LogP contribution in [0.3, 0.4) is 0 Å². The van der Waals surface area contributed by atoms with Crippen LogP contribution in [0.1, 0.15) is 105 Å². The minimum absolute atomic E-state index is 0.142. The molecular formula is C35H48O8. The highest BCUT2D eigenvalue weighted by molar-refractivity contribution is 6.00. The van der Waals surface area contributed by atoms with Crippen LogP contribution in [0, 0.1) is 0 Å². The van der Waals surface area contributed by atoms with Crippen molar-refractivity contribution in [2.24, 2.45) is 0 Å². The molecule has 0 saturated carbocycles. The van der Waals surface area contributed by atoms with E-state index in [-0.39, 0.29) is 17.7 Å². The molecule has 0 saturated heterocycles. The fraction of sp³-hybridized carbons (Fsp3) is 0.571. The zero-order valence-electron chi connectivity index (χ0n) is 26.2.